The van der Waals surface area contributed by atoms with Gasteiger partial charge in [0.05, 0.1) is 0 Å². The number of piperazine rings is 1. The van der Waals surface area contributed by atoms with Crippen LogP contribution in [0, 0.1) is 5.82 Å². The second kappa shape index (κ2) is 8.84. The molecule has 0 saturated carbocycles. The van der Waals surface area contributed by atoms with Gasteiger partial charge in [0.2, 0.25) is 0 Å². The average Bonchev–Trinajstić information content (AvgIpc) is 2.78. The number of halogens is 1. The van der Waals surface area contributed by atoms with E-state index in [1.165, 1.54) is 17.7 Å². The number of nitrogens with one attached hydrogen (secondary N) is 2. The summed E-state index contributed by atoms with van der Waals surface area (Å²) in [6, 6.07) is 22.2. The van der Waals surface area contributed by atoms with Gasteiger partial charge in [-0.25, -0.2) is 9.37 Å². The van der Waals surface area contributed by atoms with Crippen molar-refractivity contribution in [1.82, 2.24) is 15.6 Å². The largest absolute Gasteiger partial charge is 0.353 e. The highest BCUT2D eigenvalue weighted by Gasteiger charge is 2.22. The zero-order chi connectivity index (χ0) is 20.1. The van der Waals surface area contributed by atoms with Gasteiger partial charge in [0, 0.05) is 32.2 Å². The van der Waals surface area contributed by atoms with Crippen molar-refractivity contribution in [1.29, 1.82) is 0 Å². The van der Waals surface area contributed by atoms with Crippen LogP contribution >= 0.6 is 0 Å². The summed E-state index contributed by atoms with van der Waals surface area (Å²) in [6.07, 6.45) is 0. The number of carbonyl (C=O) groups excluding carboxylic acids is 1. The molecule has 148 valence electrons. The van der Waals surface area contributed by atoms with Gasteiger partial charge in [-0.3, -0.25) is 4.79 Å². The van der Waals surface area contributed by atoms with Gasteiger partial charge in [-0.1, -0.05) is 48.5 Å². The highest BCUT2D eigenvalue weighted by atomic mass is 19.1. The highest BCUT2D eigenvalue weighted by molar-refractivity contribution is 5.92. The van der Waals surface area contributed by atoms with E-state index in [4.69, 9.17) is 0 Å². The Balaban J connectivity index is 1.43. The van der Waals surface area contributed by atoms with Crippen molar-refractivity contribution in [2.24, 2.45) is 0 Å². The second-order valence-electron chi connectivity index (χ2n) is 7.06. The summed E-state index contributed by atoms with van der Waals surface area (Å²) >= 11 is 0. The molecule has 1 atom stereocenters. The molecular formula is C23H23FN4O. The topological polar surface area (TPSA) is 57.3 Å². The molecule has 5 nitrogen and oxygen atoms in total. The maximum Gasteiger partial charge on any atom is 0.270 e. The Labute approximate surface area is 169 Å². The van der Waals surface area contributed by atoms with E-state index in [0.29, 0.717) is 11.3 Å². The van der Waals surface area contributed by atoms with E-state index < -0.39 is 0 Å². The van der Waals surface area contributed by atoms with Crippen molar-refractivity contribution in [3.05, 3.63) is 95.4 Å². The Morgan fingerprint density at radius 2 is 1.93 bits per heavy atom. The number of nitrogens with zero attached hydrogens (tertiary/aromatic N) is 2. The van der Waals surface area contributed by atoms with Crippen LogP contribution in [0.5, 0.6) is 0 Å². The Morgan fingerprint density at radius 1 is 1.10 bits per heavy atom. The van der Waals surface area contributed by atoms with Gasteiger partial charge in [0.25, 0.3) is 5.91 Å². The van der Waals surface area contributed by atoms with Gasteiger partial charge in [-0.2, -0.15) is 0 Å². The van der Waals surface area contributed by atoms with Crippen molar-refractivity contribution in [3.63, 3.8) is 0 Å². The first-order valence-corrected chi connectivity index (χ1v) is 9.72. The molecule has 4 rings (SSSR count). The van der Waals surface area contributed by atoms with Gasteiger partial charge >= 0.3 is 0 Å². The first-order valence-electron chi connectivity index (χ1n) is 9.72. The van der Waals surface area contributed by atoms with Crippen molar-refractivity contribution >= 4 is 11.7 Å². The van der Waals surface area contributed by atoms with E-state index in [1.54, 1.807) is 18.2 Å². The van der Waals surface area contributed by atoms with Crippen LogP contribution in [-0.4, -0.2) is 30.5 Å². The lowest BCUT2D eigenvalue weighted by Gasteiger charge is -2.34. The maximum atomic E-state index is 13.3. The van der Waals surface area contributed by atoms with Gasteiger partial charge < -0.3 is 15.5 Å². The molecule has 2 heterocycles. The minimum Gasteiger partial charge on any atom is -0.353 e. The third-order valence-corrected chi connectivity index (χ3v) is 5.01. The van der Waals surface area contributed by atoms with Crippen molar-refractivity contribution in [2.45, 2.75) is 12.6 Å². The molecule has 2 aromatic carbocycles. The van der Waals surface area contributed by atoms with Gasteiger partial charge in [0.1, 0.15) is 17.3 Å². The summed E-state index contributed by atoms with van der Waals surface area (Å²) in [7, 11) is 0. The van der Waals surface area contributed by atoms with E-state index in [0.717, 1.165) is 25.5 Å². The number of carbonyl (C=O) groups is 1. The predicted molar refractivity (Wildman–Crippen MR) is 111 cm³/mol. The first-order chi connectivity index (χ1) is 14.2. The van der Waals surface area contributed by atoms with Crippen molar-refractivity contribution in [3.8, 4) is 0 Å². The van der Waals surface area contributed by atoms with E-state index in [9.17, 15) is 9.18 Å². The molecule has 1 aromatic heterocycles. The van der Waals surface area contributed by atoms with Crippen LogP contribution in [0.25, 0.3) is 0 Å². The molecule has 0 aliphatic carbocycles. The third-order valence-electron chi connectivity index (χ3n) is 5.01. The molecule has 1 aliphatic heterocycles. The molecule has 0 spiro atoms. The molecule has 2 N–H and O–H groups in total. The predicted octanol–water partition coefficient (Wildman–Crippen LogP) is 3.30. The Bertz CT molecular complexity index is 979. The molecule has 29 heavy (non-hydrogen) atoms. The van der Waals surface area contributed by atoms with E-state index >= 15 is 0 Å². The smallest absolute Gasteiger partial charge is 0.270 e. The van der Waals surface area contributed by atoms with Gasteiger partial charge in [0.15, 0.2) is 0 Å². The minimum absolute atomic E-state index is 0.220. The molecule has 1 aliphatic rings. The number of amides is 1. The van der Waals surface area contributed by atoms with Crippen molar-refractivity contribution < 1.29 is 9.18 Å². The number of hydrogen-bond acceptors (Lipinski definition) is 4. The van der Waals surface area contributed by atoms with Gasteiger partial charge in [-0.15, -0.1) is 0 Å². The molecule has 1 saturated heterocycles. The number of rotatable bonds is 5. The molecule has 0 radical (unpaired) electrons. The fraction of sp³-hybridized carbons (Fsp3) is 0.217. The number of anilines is 1. The highest BCUT2D eigenvalue weighted by Crippen LogP contribution is 2.21. The van der Waals surface area contributed by atoms with Crippen LogP contribution in [0.15, 0.2) is 72.8 Å². The normalized spacial score (nSPS) is 16.4. The average molecular weight is 390 g/mol. The molecule has 1 amide bonds. The van der Waals surface area contributed by atoms with E-state index in [2.05, 4.69) is 32.7 Å². The summed E-state index contributed by atoms with van der Waals surface area (Å²) in [5.74, 6) is 0.195. The van der Waals surface area contributed by atoms with Gasteiger partial charge in [-0.05, 0) is 35.4 Å². The van der Waals surface area contributed by atoms with Crippen LogP contribution in [0.3, 0.4) is 0 Å². The molecule has 6 heteroatoms. The quantitative estimate of drug-likeness (QED) is 0.702. The Morgan fingerprint density at radius 3 is 2.76 bits per heavy atom. The summed E-state index contributed by atoms with van der Waals surface area (Å²) in [4.78, 5) is 19.3. The SMILES string of the molecule is O=C(NCc1cccc(F)c1)c1cccc(N2CCN[C@@H](c3ccccc3)C2)n1. The summed E-state index contributed by atoms with van der Waals surface area (Å²) in [5, 5.41) is 6.34. The number of benzene rings is 2. The monoisotopic (exact) mass is 390 g/mol. The van der Waals surface area contributed by atoms with Crippen molar-refractivity contribution in [2.75, 3.05) is 24.5 Å². The molecule has 1 fully saturated rings. The van der Waals surface area contributed by atoms with Crippen LogP contribution in [0.4, 0.5) is 10.2 Å². The minimum atomic E-state index is -0.316. The Hall–Kier alpha value is -3.25. The van der Waals surface area contributed by atoms with E-state index in [1.807, 2.05) is 30.3 Å². The molecular weight excluding hydrogens is 367 g/mol. The fourth-order valence-corrected chi connectivity index (χ4v) is 3.51. The van der Waals surface area contributed by atoms with Crippen LogP contribution in [-0.2, 0) is 6.54 Å². The second-order valence-corrected chi connectivity index (χ2v) is 7.06. The zero-order valence-corrected chi connectivity index (χ0v) is 16.0. The zero-order valence-electron chi connectivity index (χ0n) is 16.0. The van der Waals surface area contributed by atoms with Crippen LogP contribution < -0.4 is 15.5 Å². The lowest BCUT2D eigenvalue weighted by atomic mass is 10.0. The number of hydrogen-bond donors (Lipinski definition) is 2. The number of aromatic nitrogens is 1. The third kappa shape index (κ3) is 4.78. The lowest BCUT2D eigenvalue weighted by Crippen LogP contribution is -2.46. The molecule has 0 unspecified atom stereocenters. The fourth-order valence-electron chi connectivity index (χ4n) is 3.51. The number of pyridine rings is 1. The summed E-state index contributed by atoms with van der Waals surface area (Å²) in [5.41, 5.74) is 2.30. The van der Waals surface area contributed by atoms with E-state index in [-0.39, 0.29) is 24.3 Å². The summed E-state index contributed by atoms with van der Waals surface area (Å²) in [6.45, 7) is 2.71. The molecule has 0 bridgehead atoms. The van der Waals surface area contributed by atoms with Crippen LogP contribution in [0.1, 0.15) is 27.7 Å². The maximum absolute atomic E-state index is 13.3. The summed E-state index contributed by atoms with van der Waals surface area (Å²) < 4.78 is 13.3. The molecule has 3 aromatic rings. The Kier molecular flexibility index (Phi) is 5.81. The van der Waals surface area contributed by atoms with Crippen LogP contribution in [0.2, 0.25) is 0 Å². The lowest BCUT2D eigenvalue weighted by molar-refractivity contribution is 0.0946. The first kappa shape index (κ1) is 19.1. The standard InChI is InChI=1S/C23H23FN4O/c24-19-9-4-6-17(14-19)15-26-23(29)20-10-5-11-22(27-20)28-13-12-25-21(16-28)18-7-2-1-3-8-18/h1-11,14,21,25H,12-13,15-16H2,(H,26,29)/t21-/m1/s1.